The van der Waals surface area contributed by atoms with Crippen LogP contribution in [0.1, 0.15) is 40.4 Å². The summed E-state index contributed by atoms with van der Waals surface area (Å²) in [7, 11) is 3.36. The summed E-state index contributed by atoms with van der Waals surface area (Å²) >= 11 is 6.04. The largest absolute Gasteiger partial charge is 0.465 e. The van der Waals surface area contributed by atoms with Crippen molar-refractivity contribution in [3.8, 4) is 0 Å². The lowest BCUT2D eigenvalue weighted by Crippen LogP contribution is -2.21. The fourth-order valence-electron chi connectivity index (χ4n) is 2.34. The molecule has 118 valence electrons. The lowest BCUT2D eigenvalue weighted by Gasteiger charge is -2.24. The third kappa shape index (κ3) is 3.70. The number of furan rings is 1. The fraction of sp³-hybridized carbons (Fsp3) is 0.353. The van der Waals surface area contributed by atoms with Crippen LogP contribution in [0.25, 0.3) is 0 Å². The Morgan fingerprint density at radius 3 is 2.77 bits per heavy atom. The van der Waals surface area contributed by atoms with E-state index in [1.54, 1.807) is 13.0 Å². The summed E-state index contributed by atoms with van der Waals surface area (Å²) in [5.74, 6) is 0.929. The van der Waals surface area contributed by atoms with Crippen molar-refractivity contribution in [3.63, 3.8) is 0 Å². The van der Waals surface area contributed by atoms with E-state index in [9.17, 15) is 4.79 Å². The van der Waals surface area contributed by atoms with Crippen LogP contribution in [-0.2, 0) is 11.3 Å². The molecule has 0 N–H and O–H groups in total. The first-order chi connectivity index (χ1) is 10.4. The standard InChI is InChI=1S/C17H20ClNO3/c1-11(13-6-5-7-14(18)8-13)19(3)10-15-9-16(12(2)22-15)17(20)21-4/h5-9,11H,10H2,1-4H3. The SMILES string of the molecule is COC(=O)c1cc(CN(C)C(C)c2cccc(Cl)c2)oc1C. The maximum absolute atomic E-state index is 11.6. The molecule has 0 aliphatic heterocycles. The number of hydrogen-bond acceptors (Lipinski definition) is 4. The average Bonchev–Trinajstić information content (AvgIpc) is 2.86. The first kappa shape index (κ1) is 16.6. The Balaban J connectivity index is 2.11. The molecule has 5 heteroatoms. The molecule has 2 rings (SSSR count). The van der Waals surface area contributed by atoms with E-state index in [1.807, 2.05) is 31.3 Å². The van der Waals surface area contributed by atoms with Crippen LogP contribution in [-0.4, -0.2) is 25.0 Å². The third-order valence-corrected chi connectivity index (χ3v) is 4.01. The van der Waals surface area contributed by atoms with Gasteiger partial charge in [-0.05, 0) is 44.7 Å². The molecule has 1 aromatic carbocycles. The molecule has 22 heavy (non-hydrogen) atoms. The zero-order valence-corrected chi connectivity index (χ0v) is 14.0. The number of benzene rings is 1. The molecule has 0 radical (unpaired) electrons. The van der Waals surface area contributed by atoms with E-state index in [2.05, 4.69) is 11.8 Å². The number of rotatable bonds is 5. The summed E-state index contributed by atoms with van der Waals surface area (Å²) in [5, 5.41) is 0.722. The molecule has 1 unspecified atom stereocenters. The van der Waals surface area contributed by atoms with Crippen LogP contribution in [0.3, 0.4) is 0 Å². The quantitative estimate of drug-likeness (QED) is 0.773. The maximum atomic E-state index is 11.6. The number of esters is 1. The van der Waals surface area contributed by atoms with E-state index < -0.39 is 0 Å². The van der Waals surface area contributed by atoms with Crippen molar-refractivity contribution in [2.45, 2.75) is 26.4 Å². The molecule has 0 bridgehead atoms. The highest BCUT2D eigenvalue weighted by molar-refractivity contribution is 6.30. The highest BCUT2D eigenvalue weighted by Crippen LogP contribution is 2.24. The zero-order valence-electron chi connectivity index (χ0n) is 13.2. The van der Waals surface area contributed by atoms with Crippen molar-refractivity contribution < 1.29 is 13.9 Å². The van der Waals surface area contributed by atoms with E-state index in [1.165, 1.54) is 7.11 Å². The van der Waals surface area contributed by atoms with Crippen LogP contribution in [0.2, 0.25) is 5.02 Å². The predicted octanol–water partition coefficient (Wildman–Crippen LogP) is 4.22. The van der Waals surface area contributed by atoms with Crippen LogP contribution < -0.4 is 0 Å². The van der Waals surface area contributed by atoms with Crippen LogP contribution in [0.4, 0.5) is 0 Å². The van der Waals surface area contributed by atoms with Crippen molar-refractivity contribution in [1.29, 1.82) is 0 Å². The van der Waals surface area contributed by atoms with E-state index >= 15 is 0 Å². The smallest absolute Gasteiger partial charge is 0.341 e. The van der Waals surface area contributed by atoms with Gasteiger partial charge in [-0.2, -0.15) is 0 Å². The van der Waals surface area contributed by atoms with E-state index in [-0.39, 0.29) is 12.0 Å². The fourth-order valence-corrected chi connectivity index (χ4v) is 2.54. The van der Waals surface area contributed by atoms with Crippen LogP contribution in [0, 0.1) is 6.92 Å². The molecule has 2 aromatic rings. The van der Waals surface area contributed by atoms with Crippen molar-refractivity contribution >= 4 is 17.6 Å². The molecule has 1 atom stereocenters. The summed E-state index contributed by atoms with van der Waals surface area (Å²) in [6, 6.07) is 9.70. The Morgan fingerprint density at radius 1 is 1.41 bits per heavy atom. The molecular weight excluding hydrogens is 302 g/mol. The minimum atomic E-state index is -0.377. The second kappa shape index (κ2) is 6.99. The second-order valence-corrected chi connectivity index (χ2v) is 5.76. The molecular formula is C17H20ClNO3. The molecule has 0 aliphatic carbocycles. The van der Waals surface area contributed by atoms with Gasteiger partial charge in [0.2, 0.25) is 0 Å². The minimum Gasteiger partial charge on any atom is -0.465 e. The highest BCUT2D eigenvalue weighted by Gasteiger charge is 2.18. The maximum Gasteiger partial charge on any atom is 0.341 e. The molecule has 0 spiro atoms. The number of ether oxygens (including phenoxy) is 1. The molecule has 0 saturated carbocycles. The van der Waals surface area contributed by atoms with Crippen molar-refractivity contribution in [3.05, 3.63) is 58.0 Å². The van der Waals surface area contributed by atoms with Crippen molar-refractivity contribution in [2.24, 2.45) is 0 Å². The van der Waals surface area contributed by atoms with Crippen LogP contribution >= 0.6 is 11.6 Å². The van der Waals surface area contributed by atoms with E-state index in [0.717, 1.165) is 16.3 Å². The first-order valence-electron chi connectivity index (χ1n) is 7.05. The van der Waals surface area contributed by atoms with Gasteiger partial charge < -0.3 is 9.15 Å². The molecule has 0 fully saturated rings. The lowest BCUT2D eigenvalue weighted by atomic mass is 10.1. The Kier molecular flexibility index (Phi) is 5.27. The van der Waals surface area contributed by atoms with Gasteiger partial charge in [0, 0.05) is 11.1 Å². The van der Waals surface area contributed by atoms with E-state index in [0.29, 0.717) is 17.9 Å². The highest BCUT2D eigenvalue weighted by atomic mass is 35.5. The number of hydrogen-bond donors (Lipinski definition) is 0. The first-order valence-corrected chi connectivity index (χ1v) is 7.43. The topological polar surface area (TPSA) is 42.7 Å². The Morgan fingerprint density at radius 2 is 2.14 bits per heavy atom. The molecule has 4 nitrogen and oxygen atoms in total. The summed E-state index contributed by atoms with van der Waals surface area (Å²) in [6.45, 7) is 4.45. The Hall–Kier alpha value is -1.78. The number of carbonyl (C=O) groups is 1. The van der Waals surface area contributed by atoms with Crippen molar-refractivity contribution in [1.82, 2.24) is 4.90 Å². The Labute approximate surface area is 135 Å². The van der Waals surface area contributed by atoms with E-state index in [4.69, 9.17) is 20.8 Å². The van der Waals surface area contributed by atoms with Gasteiger partial charge in [0.15, 0.2) is 0 Å². The molecule has 1 heterocycles. The van der Waals surface area contributed by atoms with Gasteiger partial charge in [0.1, 0.15) is 17.1 Å². The van der Waals surface area contributed by atoms with Gasteiger partial charge in [0.25, 0.3) is 0 Å². The van der Waals surface area contributed by atoms with Crippen LogP contribution in [0.15, 0.2) is 34.7 Å². The summed E-state index contributed by atoms with van der Waals surface area (Å²) in [5.41, 5.74) is 1.60. The number of methoxy groups -OCH3 is 1. The zero-order chi connectivity index (χ0) is 16.3. The van der Waals surface area contributed by atoms with Gasteiger partial charge in [-0.1, -0.05) is 23.7 Å². The summed E-state index contributed by atoms with van der Waals surface area (Å²) in [6.07, 6.45) is 0. The third-order valence-electron chi connectivity index (χ3n) is 3.77. The summed E-state index contributed by atoms with van der Waals surface area (Å²) < 4.78 is 10.4. The number of nitrogens with zero attached hydrogens (tertiary/aromatic N) is 1. The second-order valence-electron chi connectivity index (χ2n) is 5.32. The number of halogens is 1. The summed E-state index contributed by atoms with van der Waals surface area (Å²) in [4.78, 5) is 13.7. The minimum absolute atomic E-state index is 0.172. The number of carbonyl (C=O) groups excluding carboxylic acids is 1. The van der Waals surface area contributed by atoms with Gasteiger partial charge in [-0.25, -0.2) is 4.79 Å². The number of aryl methyl sites for hydroxylation is 1. The van der Waals surface area contributed by atoms with Crippen molar-refractivity contribution in [2.75, 3.05) is 14.2 Å². The average molecular weight is 322 g/mol. The van der Waals surface area contributed by atoms with Crippen LogP contribution in [0.5, 0.6) is 0 Å². The predicted molar refractivity (Wildman–Crippen MR) is 86.1 cm³/mol. The molecule has 0 saturated heterocycles. The molecule has 0 aliphatic rings. The molecule has 0 amide bonds. The normalized spacial score (nSPS) is 12.5. The van der Waals surface area contributed by atoms with Gasteiger partial charge in [0.05, 0.1) is 13.7 Å². The lowest BCUT2D eigenvalue weighted by molar-refractivity contribution is 0.0599. The van der Waals surface area contributed by atoms with Gasteiger partial charge >= 0.3 is 5.97 Å². The van der Waals surface area contributed by atoms with Gasteiger partial charge in [-0.15, -0.1) is 0 Å². The molecule has 1 aromatic heterocycles. The monoisotopic (exact) mass is 321 g/mol. The van der Waals surface area contributed by atoms with Gasteiger partial charge in [-0.3, -0.25) is 4.90 Å². The Bertz CT molecular complexity index is 666.